The first-order valence-electron chi connectivity index (χ1n) is 6.09. The number of hydrogen-bond donors (Lipinski definition) is 2. The van der Waals surface area contributed by atoms with Crippen molar-refractivity contribution in [2.45, 2.75) is 6.54 Å². The molecule has 0 aliphatic heterocycles. The van der Waals surface area contributed by atoms with Crippen molar-refractivity contribution in [2.24, 2.45) is 0 Å². The van der Waals surface area contributed by atoms with Crippen molar-refractivity contribution in [3.05, 3.63) is 72.8 Å². The van der Waals surface area contributed by atoms with E-state index in [2.05, 4.69) is 17.2 Å². The third kappa shape index (κ3) is 4.00. The van der Waals surface area contributed by atoms with E-state index < -0.39 is 0 Å². The predicted molar refractivity (Wildman–Crippen MR) is 78.2 cm³/mol. The third-order valence-electron chi connectivity index (χ3n) is 2.64. The summed E-state index contributed by atoms with van der Waals surface area (Å²) in [6.07, 6.45) is 1.27. The molecule has 3 nitrogen and oxygen atoms in total. The predicted octanol–water partition coefficient (Wildman–Crippen LogP) is 3.23. The minimum atomic E-state index is -0.165. The summed E-state index contributed by atoms with van der Waals surface area (Å²) in [5, 5.41) is 6.07. The summed E-state index contributed by atoms with van der Waals surface area (Å²) < 4.78 is 0. The van der Waals surface area contributed by atoms with Crippen molar-refractivity contribution in [1.82, 2.24) is 5.32 Å². The zero-order valence-electron chi connectivity index (χ0n) is 10.6. The lowest BCUT2D eigenvalue weighted by Gasteiger charge is -2.08. The summed E-state index contributed by atoms with van der Waals surface area (Å²) in [7, 11) is 0. The molecule has 2 aromatic rings. The number of amides is 1. The van der Waals surface area contributed by atoms with E-state index in [0.717, 1.165) is 16.9 Å². The smallest absolute Gasteiger partial charge is 0.243 e. The van der Waals surface area contributed by atoms with Crippen LogP contribution in [-0.4, -0.2) is 5.91 Å². The van der Waals surface area contributed by atoms with E-state index in [9.17, 15) is 4.79 Å². The Labute approximate surface area is 113 Å². The first-order chi connectivity index (χ1) is 9.28. The first kappa shape index (κ1) is 12.9. The average molecular weight is 252 g/mol. The molecule has 19 heavy (non-hydrogen) atoms. The second-order valence-corrected chi connectivity index (χ2v) is 4.11. The lowest BCUT2D eigenvalue weighted by molar-refractivity contribution is -0.116. The van der Waals surface area contributed by atoms with Crippen molar-refractivity contribution in [2.75, 3.05) is 5.32 Å². The Morgan fingerprint density at radius 2 is 1.79 bits per heavy atom. The van der Waals surface area contributed by atoms with Crippen molar-refractivity contribution >= 4 is 17.3 Å². The van der Waals surface area contributed by atoms with Gasteiger partial charge in [-0.05, 0) is 35.9 Å². The van der Waals surface area contributed by atoms with Crippen LogP contribution in [0.25, 0.3) is 0 Å². The molecule has 2 aromatic carbocycles. The molecule has 96 valence electrons. The summed E-state index contributed by atoms with van der Waals surface area (Å²) in [5.74, 6) is -0.165. The summed E-state index contributed by atoms with van der Waals surface area (Å²) in [6, 6.07) is 17.9. The monoisotopic (exact) mass is 252 g/mol. The Kier molecular flexibility index (Phi) is 4.34. The number of hydrogen-bond acceptors (Lipinski definition) is 2. The van der Waals surface area contributed by atoms with Crippen LogP contribution in [0.3, 0.4) is 0 Å². The molecular weight excluding hydrogens is 236 g/mol. The first-order valence-corrected chi connectivity index (χ1v) is 6.09. The zero-order valence-corrected chi connectivity index (χ0v) is 10.6. The van der Waals surface area contributed by atoms with E-state index >= 15 is 0 Å². The van der Waals surface area contributed by atoms with Gasteiger partial charge in [0.25, 0.3) is 0 Å². The maximum Gasteiger partial charge on any atom is 0.243 e. The molecule has 0 radical (unpaired) electrons. The van der Waals surface area contributed by atoms with Gasteiger partial charge < -0.3 is 10.6 Å². The minimum Gasteiger partial charge on any atom is -0.356 e. The van der Waals surface area contributed by atoms with E-state index in [1.807, 2.05) is 54.6 Å². The highest BCUT2D eigenvalue weighted by atomic mass is 16.1. The molecule has 0 heterocycles. The standard InChI is InChI=1S/C16H16N2O/c1-2-16(19)17-12-13-7-6-10-15(11-13)18-14-8-4-3-5-9-14/h2-11,18H,1,12H2,(H,17,19). The molecule has 0 bridgehead atoms. The molecular formula is C16H16N2O. The zero-order chi connectivity index (χ0) is 13.5. The van der Waals surface area contributed by atoms with E-state index in [0.29, 0.717) is 6.54 Å². The number of benzene rings is 2. The van der Waals surface area contributed by atoms with Gasteiger partial charge in [-0.3, -0.25) is 4.79 Å². The lowest BCUT2D eigenvalue weighted by atomic mass is 10.2. The number of para-hydroxylation sites is 1. The van der Waals surface area contributed by atoms with Gasteiger partial charge >= 0.3 is 0 Å². The van der Waals surface area contributed by atoms with Gasteiger partial charge in [0.2, 0.25) is 5.91 Å². The van der Waals surface area contributed by atoms with Gasteiger partial charge in [0.1, 0.15) is 0 Å². The van der Waals surface area contributed by atoms with E-state index in [4.69, 9.17) is 0 Å². The molecule has 1 amide bonds. The van der Waals surface area contributed by atoms with E-state index in [-0.39, 0.29) is 5.91 Å². The quantitative estimate of drug-likeness (QED) is 0.802. The van der Waals surface area contributed by atoms with Crippen LogP contribution in [0.15, 0.2) is 67.3 Å². The topological polar surface area (TPSA) is 41.1 Å². The van der Waals surface area contributed by atoms with Crippen LogP contribution in [-0.2, 0) is 11.3 Å². The molecule has 3 heteroatoms. The van der Waals surface area contributed by atoms with Crippen molar-refractivity contribution in [3.63, 3.8) is 0 Å². The van der Waals surface area contributed by atoms with E-state index in [1.54, 1.807) is 0 Å². The van der Waals surface area contributed by atoms with Crippen LogP contribution in [0.1, 0.15) is 5.56 Å². The highest BCUT2D eigenvalue weighted by Crippen LogP contribution is 2.17. The molecule has 0 aliphatic rings. The Bertz CT molecular complexity index is 564. The Hall–Kier alpha value is -2.55. The van der Waals surface area contributed by atoms with Crippen LogP contribution in [0.4, 0.5) is 11.4 Å². The summed E-state index contributed by atoms with van der Waals surface area (Å²) >= 11 is 0. The maximum absolute atomic E-state index is 11.1. The van der Waals surface area contributed by atoms with Crippen LogP contribution in [0, 0.1) is 0 Å². The van der Waals surface area contributed by atoms with Crippen molar-refractivity contribution in [1.29, 1.82) is 0 Å². The molecule has 0 atom stereocenters. The van der Waals surface area contributed by atoms with Crippen LogP contribution < -0.4 is 10.6 Å². The van der Waals surface area contributed by atoms with Gasteiger partial charge in [0, 0.05) is 17.9 Å². The molecule has 0 spiro atoms. The molecule has 2 rings (SSSR count). The third-order valence-corrected chi connectivity index (χ3v) is 2.64. The Balaban J connectivity index is 2.03. The molecule has 0 unspecified atom stereocenters. The van der Waals surface area contributed by atoms with Gasteiger partial charge in [-0.2, -0.15) is 0 Å². The normalized spacial score (nSPS) is 9.68. The number of anilines is 2. The molecule has 0 aromatic heterocycles. The van der Waals surface area contributed by atoms with Crippen molar-refractivity contribution < 1.29 is 4.79 Å². The summed E-state index contributed by atoms with van der Waals surface area (Å²) in [4.78, 5) is 11.1. The maximum atomic E-state index is 11.1. The number of carbonyl (C=O) groups excluding carboxylic acids is 1. The Morgan fingerprint density at radius 1 is 1.05 bits per heavy atom. The van der Waals surface area contributed by atoms with Gasteiger partial charge in [0.15, 0.2) is 0 Å². The van der Waals surface area contributed by atoms with Crippen LogP contribution in [0.2, 0.25) is 0 Å². The largest absolute Gasteiger partial charge is 0.356 e. The Morgan fingerprint density at radius 3 is 2.53 bits per heavy atom. The fraction of sp³-hybridized carbons (Fsp3) is 0.0625. The molecule has 0 aliphatic carbocycles. The fourth-order valence-corrected chi connectivity index (χ4v) is 1.71. The van der Waals surface area contributed by atoms with Gasteiger partial charge in [-0.1, -0.05) is 36.9 Å². The summed E-state index contributed by atoms with van der Waals surface area (Å²) in [5.41, 5.74) is 3.07. The summed E-state index contributed by atoms with van der Waals surface area (Å²) in [6.45, 7) is 3.92. The SMILES string of the molecule is C=CC(=O)NCc1cccc(Nc2ccccc2)c1. The second-order valence-electron chi connectivity index (χ2n) is 4.11. The molecule has 2 N–H and O–H groups in total. The van der Waals surface area contributed by atoms with Crippen LogP contribution in [0.5, 0.6) is 0 Å². The fourth-order valence-electron chi connectivity index (χ4n) is 1.71. The van der Waals surface area contributed by atoms with Gasteiger partial charge in [-0.15, -0.1) is 0 Å². The highest BCUT2D eigenvalue weighted by molar-refractivity contribution is 5.86. The lowest BCUT2D eigenvalue weighted by Crippen LogP contribution is -2.19. The number of carbonyl (C=O) groups is 1. The molecule has 0 saturated carbocycles. The van der Waals surface area contributed by atoms with E-state index in [1.165, 1.54) is 6.08 Å². The molecule has 0 saturated heterocycles. The van der Waals surface area contributed by atoms with Gasteiger partial charge in [-0.25, -0.2) is 0 Å². The average Bonchev–Trinajstić information content (AvgIpc) is 2.46. The highest BCUT2D eigenvalue weighted by Gasteiger charge is 1.98. The van der Waals surface area contributed by atoms with Crippen molar-refractivity contribution in [3.8, 4) is 0 Å². The molecule has 0 fully saturated rings. The number of nitrogens with one attached hydrogen (secondary N) is 2. The second kappa shape index (κ2) is 6.40. The number of rotatable bonds is 5. The van der Waals surface area contributed by atoms with Gasteiger partial charge in [0.05, 0.1) is 0 Å². The minimum absolute atomic E-state index is 0.165. The van der Waals surface area contributed by atoms with Crippen LogP contribution >= 0.6 is 0 Å².